The fourth-order valence-electron chi connectivity index (χ4n) is 3.70. The first-order valence-corrected chi connectivity index (χ1v) is 9.55. The van der Waals surface area contributed by atoms with Gasteiger partial charge in [-0.2, -0.15) is 5.10 Å². The highest BCUT2D eigenvalue weighted by Gasteiger charge is 2.18. The first-order valence-electron chi connectivity index (χ1n) is 9.55. The fraction of sp³-hybridized carbons (Fsp3) is 0.318. The average Bonchev–Trinajstić information content (AvgIpc) is 2.92. The zero-order chi connectivity index (χ0) is 19.5. The van der Waals surface area contributed by atoms with Gasteiger partial charge in [0.2, 0.25) is 5.91 Å². The van der Waals surface area contributed by atoms with E-state index >= 15 is 0 Å². The van der Waals surface area contributed by atoms with Crippen molar-refractivity contribution in [1.29, 1.82) is 0 Å². The number of amides is 1. The quantitative estimate of drug-likeness (QED) is 0.758. The van der Waals surface area contributed by atoms with Crippen LogP contribution in [0.3, 0.4) is 0 Å². The van der Waals surface area contributed by atoms with Crippen molar-refractivity contribution in [2.45, 2.75) is 26.3 Å². The van der Waals surface area contributed by atoms with Crippen LogP contribution in [-0.2, 0) is 17.8 Å². The molecule has 1 atom stereocenters. The Balaban J connectivity index is 1.42. The largest absolute Gasteiger partial charge is 0.493 e. The van der Waals surface area contributed by atoms with Crippen LogP contribution in [0.4, 0.5) is 0 Å². The number of hydrogen-bond donors (Lipinski definition) is 1. The highest BCUT2D eigenvalue weighted by Crippen LogP contribution is 2.26. The van der Waals surface area contributed by atoms with Crippen molar-refractivity contribution in [2.24, 2.45) is 5.92 Å². The van der Waals surface area contributed by atoms with E-state index in [0.717, 1.165) is 29.7 Å². The van der Waals surface area contributed by atoms with Gasteiger partial charge in [-0.25, -0.2) is 4.68 Å². The summed E-state index contributed by atoms with van der Waals surface area (Å²) in [5.41, 5.74) is 1.66. The van der Waals surface area contributed by atoms with Crippen molar-refractivity contribution in [3.8, 4) is 5.75 Å². The Kier molecular flexibility index (Phi) is 5.10. The van der Waals surface area contributed by atoms with E-state index in [9.17, 15) is 9.59 Å². The summed E-state index contributed by atoms with van der Waals surface area (Å²) in [6, 6.07) is 15.4. The molecule has 2 heterocycles. The number of carbonyl (C=O) groups is 1. The Morgan fingerprint density at radius 3 is 2.79 bits per heavy atom. The third kappa shape index (κ3) is 3.76. The molecule has 144 valence electrons. The number of rotatable bonds is 4. The molecule has 1 aromatic heterocycles. The average molecular weight is 377 g/mol. The molecular weight excluding hydrogens is 354 g/mol. The highest BCUT2D eigenvalue weighted by atomic mass is 16.5. The molecule has 1 N–H and O–H groups in total. The smallest absolute Gasteiger partial charge is 0.275 e. The van der Waals surface area contributed by atoms with E-state index in [4.69, 9.17) is 4.74 Å². The number of nitrogens with zero attached hydrogens (tertiary/aromatic N) is 2. The third-order valence-corrected chi connectivity index (χ3v) is 5.20. The second-order valence-electron chi connectivity index (χ2n) is 7.21. The number of para-hydroxylation sites is 1. The molecule has 1 amide bonds. The van der Waals surface area contributed by atoms with Gasteiger partial charge < -0.3 is 10.1 Å². The van der Waals surface area contributed by atoms with Crippen molar-refractivity contribution in [2.75, 3.05) is 13.2 Å². The zero-order valence-electron chi connectivity index (χ0n) is 15.9. The number of carbonyl (C=O) groups excluding carboxylic acids is 1. The van der Waals surface area contributed by atoms with E-state index in [2.05, 4.69) is 16.5 Å². The van der Waals surface area contributed by atoms with Crippen LogP contribution >= 0.6 is 0 Å². The van der Waals surface area contributed by atoms with Crippen LogP contribution < -0.4 is 15.6 Å². The van der Waals surface area contributed by atoms with Gasteiger partial charge in [-0.05, 0) is 43.4 Å². The summed E-state index contributed by atoms with van der Waals surface area (Å²) < 4.78 is 7.03. The first kappa shape index (κ1) is 18.2. The van der Waals surface area contributed by atoms with Crippen molar-refractivity contribution < 1.29 is 9.53 Å². The maximum atomic E-state index is 12.6. The van der Waals surface area contributed by atoms with Gasteiger partial charge in [0.05, 0.1) is 17.7 Å². The van der Waals surface area contributed by atoms with Gasteiger partial charge in [0.15, 0.2) is 0 Å². The molecule has 28 heavy (non-hydrogen) atoms. The summed E-state index contributed by atoms with van der Waals surface area (Å²) in [4.78, 5) is 25.1. The maximum absolute atomic E-state index is 12.6. The molecule has 0 bridgehead atoms. The van der Waals surface area contributed by atoms with Crippen LogP contribution in [0.1, 0.15) is 17.7 Å². The molecule has 2 aromatic carbocycles. The lowest BCUT2D eigenvalue weighted by molar-refractivity contribution is -0.122. The van der Waals surface area contributed by atoms with Crippen LogP contribution in [0.15, 0.2) is 53.3 Å². The summed E-state index contributed by atoms with van der Waals surface area (Å²) in [5, 5.41) is 8.67. The van der Waals surface area contributed by atoms with E-state index in [1.54, 1.807) is 6.07 Å². The second kappa shape index (κ2) is 7.84. The molecule has 0 saturated carbocycles. The Morgan fingerprint density at radius 2 is 1.93 bits per heavy atom. The predicted octanol–water partition coefficient (Wildman–Crippen LogP) is 2.46. The van der Waals surface area contributed by atoms with E-state index in [0.29, 0.717) is 24.5 Å². The van der Waals surface area contributed by atoms with Gasteiger partial charge in [-0.3, -0.25) is 9.59 Å². The molecule has 0 radical (unpaired) electrons. The molecule has 0 saturated heterocycles. The maximum Gasteiger partial charge on any atom is 0.275 e. The minimum atomic E-state index is -0.242. The zero-order valence-corrected chi connectivity index (χ0v) is 15.9. The molecule has 6 heteroatoms. The number of fused-ring (bicyclic) bond motifs is 2. The Morgan fingerprint density at radius 1 is 1.18 bits per heavy atom. The minimum absolute atomic E-state index is 0.0791. The topological polar surface area (TPSA) is 73.2 Å². The van der Waals surface area contributed by atoms with E-state index in [-0.39, 0.29) is 18.0 Å². The predicted molar refractivity (Wildman–Crippen MR) is 107 cm³/mol. The SMILES string of the molecule is Cc1nn(CC(=O)NCC2CCOc3ccccc3C2)c(=O)c2ccccc12. The molecular formula is C22H23N3O3. The normalized spacial score (nSPS) is 16.1. The van der Waals surface area contributed by atoms with Gasteiger partial charge >= 0.3 is 0 Å². The molecule has 0 fully saturated rings. The summed E-state index contributed by atoms with van der Waals surface area (Å²) in [6.45, 7) is 2.96. The third-order valence-electron chi connectivity index (χ3n) is 5.20. The molecule has 4 rings (SSSR count). The standard InChI is InChI=1S/C22H23N3O3/c1-15-18-7-3-4-8-19(18)22(27)25(24-15)14-21(26)23-13-16-10-11-28-20-9-5-2-6-17(20)12-16/h2-9,16H,10-14H2,1H3,(H,23,26). The van der Waals surface area contributed by atoms with Crippen molar-refractivity contribution in [1.82, 2.24) is 15.1 Å². The van der Waals surface area contributed by atoms with Gasteiger partial charge in [-0.15, -0.1) is 0 Å². The lowest BCUT2D eigenvalue weighted by Gasteiger charge is -2.15. The van der Waals surface area contributed by atoms with E-state index in [1.807, 2.05) is 43.3 Å². The molecule has 1 unspecified atom stereocenters. The summed E-state index contributed by atoms with van der Waals surface area (Å²) in [5.74, 6) is 1.03. The minimum Gasteiger partial charge on any atom is -0.493 e. The highest BCUT2D eigenvalue weighted by molar-refractivity contribution is 5.83. The lowest BCUT2D eigenvalue weighted by Crippen LogP contribution is -2.36. The summed E-state index contributed by atoms with van der Waals surface area (Å²) >= 11 is 0. The van der Waals surface area contributed by atoms with E-state index < -0.39 is 0 Å². The van der Waals surface area contributed by atoms with Crippen LogP contribution in [0, 0.1) is 12.8 Å². The Hall–Kier alpha value is -3.15. The van der Waals surface area contributed by atoms with Crippen LogP contribution in [-0.4, -0.2) is 28.8 Å². The van der Waals surface area contributed by atoms with E-state index in [1.165, 1.54) is 10.2 Å². The van der Waals surface area contributed by atoms with Gasteiger partial charge in [0.25, 0.3) is 5.56 Å². The first-order chi connectivity index (χ1) is 13.6. The fourth-order valence-corrected chi connectivity index (χ4v) is 3.70. The lowest BCUT2D eigenvalue weighted by atomic mass is 9.97. The molecule has 1 aliphatic heterocycles. The molecule has 1 aliphatic rings. The molecule has 3 aromatic rings. The number of hydrogen-bond acceptors (Lipinski definition) is 4. The Labute approximate surface area is 163 Å². The van der Waals surface area contributed by atoms with Gasteiger partial charge in [0, 0.05) is 11.9 Å². The van der Waals surface area contributed by atoms with Crippen molar-refractivity contribution in [3.63, 3.8) is 0 Å². The van der Waals surface area contributed by atoms with Crippen LogP contribution in [0.5, 0.6) is 5.75 Å². The number of aromatic nitrogens is 2. The molecule has 0 spiro atoms. The molecule has 6 nitrogen and oxygen atoms in total. The van der Waals surface area contributed by atoms with Crippen molar-refractivity contribution in [3.05, 3.63) is 70.1 Å². The summed E-state index contributed by atoms with van der Waals surface area (Å²) in [7, 11) is 0. The second-order valence-corrected chi connectivity index (χ2v) is 7.21. The molecule has 0 aliphatic carbocycles. The Bertz CT molecular complexity index is 1070. The summed E-state index contributed by atoms with van der Waals surface area (Å²) in [6.07, 6.45) is 1.74. The number of aryl methyl sites for hydroxylation is 1. The number of ether oxygens (including phenoxy) is 1. The monoisotopic (exact) mass is 377 g/mol. The van der Waals surface area contributed by atoms with Gasteiger partial charge in [0.1, 0.15) is 12.3 Å². The number of nitrogens with one attached hydrogen (secondary N) is 1. The number of benzene rings is 2. The van der Waals surface area contributed by atoms with Crippen molar-refractivity contribution >= 4 is 16.7 Å². The van der Waals surface area contributed by atoms with Crippen LogP contribution in [0.25, 0.3) is 10.8 Å². The van der Waals surface area contributed by atoms with Crippen LogP contribution in [0.2, 0.25) is 0 Å². The van der Waals surface area contributed by atoms with Gasteiger partial charge in [-0.1, -0.05) is 36.4 Å².